The Bertz CT molecular complexity index is 1320. The van der Waals surface area contributed by atoms with Crippen LogP contribution in [0.4, 0.5) is 5.69 Å². The molecule has 0 atom stereocenters. The molecule has 0 unspecified atom stereocenters. The summed E-state index contributed by atoms with van der Waals surface area (Å²) < 4.78 is 7.49. The molecule has 1 aliphatic heterocycles. The number of anilines is 1. The first-order chi connectivity index (χ1) is 16.2. The number of amides is 1. The van der Waals surface area contributed by atoms with Crippen LogP contribution in [0.1, 0.15) is 41.9 Å². The third-order valence-electron chi connectivity index (χ3n) is 6.23. The van der Waals surface area contributed by atoms with Gasteiger partial charge in [0.25, 0.3) is 5.91 Å². The van der Waals surface area contributed by atoms with Crippen molar-refractivity contribution in [3.63, 3.8) is 0 Å². The highest BCUT2D eigenvalue weighted by Crippen LogP contribution is 2.36. The normalized spacial score (nSPS) is 14.9. The summed E-state index contributed by atoms with van der Waals surface area (Å²) in [5.41, 5.74) is 8.25. The summed E-state index contributed by atoms with van der Waals surface area (Å²) in [6.45, 7) is 11.9. The summed E-state index contributed by atoms with van der Waals surface area (Å²) in [6.07, 6.45) is 1.82. The molecule has 0 radical (unpaired) electrons. The number of hydrogen-bond donors (Lipinski definition) is 0. The first-order valence-electron chi connectivity index (χ1n) is 11.5. The van der Waals surface area contributed by atoms with Gasteiger partial charge in [-0.2, -0.15) is 0 Å². The Labute approximate surface area is 201 Å². The topological polar surface area (TPSA) is 51.5 Å². The lowest BCUT2D eigenvalue weighted by molar-refractivity contribution is -0.138. The summed E-state index contributed by atoms with van der Waals surface area (Å²) in [5, 5.41) is 0. The molecular weight excluding hydrogens is 424 g/mol. The SMILES string of the molecule is CCOC(=O)C1=C(C)N(c2ccc(C)cc2)C(=O)/C1=C/c1cc(C)n(-c2ccc(C)cc2)c1C. The largest absolute Gasteiger partial charge is 0.462 e. The Balaban J connectivity index is 1.84. The third kappa shape index (κ3) is 4.10. The molecule has 2 aromatic carbocycles. The summed E-state index contributed by atoms with van der Waals surface area (Å²) in [5.74, 6) is -0.717. The summed E-state index contributed by atoms with van der Waals surface area (Å²) in [6, 6.07) is 18.1. The van der Waals surface area contributed by atoms with E-state index in [0.717, 1.165) is 33.9 Å². The molecule has 0 saturated carbocycles. The lowest BCUT2D eigenvalue weighted by Crippen LogP contribution is -2.24. The predicted octanol–water partition coefficient (Wildman–Crippen LogP) is 5.98. The number of rotatable bonds is 5. The van der Waals surface area contributed by atoms with E-state index in [-0.39, 0.29) is 12.5 Å². The van der Waals surface area contributed by atoms with Crippen LogP contribution in [-0.4, -0.2) is 23.1 Å². The second-order valence-corrected chi connectivity index (χ2v) is 8.71. The van der Waals surface area contributed by atoms with Crippen molar-refractivity contribution in [1.82, 2.24) is 4.57 Å². The van der Waals surface area contributed by atoms with Crippen molar-refractivity contribution in [3.05, 3.63) is 99.5 Å². The molecule has 174 valence electrons. The van der Waals surface area contributed by atoms with E-state index in [0.29, 0.717) is 16.8 Å². The van der Waals surface area contributed by atoms with Crippen molar-refractivity contribution in [1.29, 1.82) is 0 Å². The molecule has 0 aliphatic carbocycles. The second kappa shape index (κ2) is 9.18. The van der Waals surface area contributed by atoms with Crippen LogP contribution >= 0.6 is 0 Å². The summed E-state index contributed by atoms with van der Waals surface area (Å²) in [4.78, 5) is 28.2. The van der Waals surface area contributed by atoms with Crippen LogP contribution in [0.2, 0.25) is 0 Å². The smallest absolute Gasteiger partial charge is 0.340 e. The molecule has 0 N–H and O–H groups in total. The van der Waals surface area contributed by atoms with E-state index in [4.69, 9.17) is 4.74 Å². The number of hydrogen-bond acceptors (Lipinski definition) is 3. The molecule has 1 amide bonds. The number of nitrogens with zero attached hydrogens (tertiary/aromatic N) is 2. The molecule has 3 aromatic rings. The maximum Gasteiger partial charge on any atom is 0.340 e. The van der Waals surface area contributed by atoms with Crippen molar-refractivity contribution in [2.45, 2.75) is 41.5 Å². The highest BCUT2D eigenvalue weighted by Gasteiger charge is 2.38. The zero-order valence-corrected chi connectivity index (χ0v) is 20.6. The lowest BCUT2D eigenvalue weighted by atomic mass is 10.0. The van der Waals surface area contributed by atoms with Gasteiger partial charge >= 0.3 is 5.97 Å². The maximum absolute atomic E-state index is 13.6. The van der Waals surface area contributed by atoms with E-state index in [9.17, 15) is 9.59 Å². The first-order valence-corrected chi connectivity index (χ1v) is 11.5. The predicted molar refractivity (Wildman–Crippen MR) is 136 cm³/mol. The minimum absolute atomic E-state index is 0.232. The minimum Gasteiger partial charge on any atom is -0.462 e. The van der Waals surface area contributed by atoms with Crippen LogP contribution < -0.4 is 4.90 Å². The van der Waals surface area contributed by atoms with E-state index in [1.54, 1.807) is 18.7 Å². The molecule has 1 aliphatic rings. The molecule has 34 heavy (non-hydrogen) atoms. The Morgan fingerprint density at radius 3 is 2.00 bits per heavy atom. The van der Waals surface area contributed by atoms with Crippen LogP contribution in [0.25, 0.3) is 11.8 Å². The Morgan fingerprint density at radius 2 is 1.44 bits per heavy atom. The molecule has 1 aromatic heterocycles. The fourth-order valence-electron chi connectivity index (χ4n) is 4.47. The quantitative estimate of drug-likeness (QED) is 0.352. The molecular formula is C29H30N2O3. The van der Waals surface area contributed by atoms with Gasteiger partial charge in [0.2, 0.25) is 0 Å². The average Bonchev–Trinajstić information content (AvgIpc) is 3.21. The van der Waals surface area contributed by atoms with Gasteiger partial charge in [-0.1, -0.05) is 35.4 Å². The fraction of sp³-hybridized carbons (Fsp3) is 0.241. The molecule has 0 fully saturated rings. The zero-order chi connectivity index (χ0) is 24.6. The van der Waals surface area contributed by atoms with E-state index < -0.39 is 5.97 Å². The molecule has 5 nitrogen and oxygen atoms in total. The number of carbonyl (C=O) groups excluding carboxylic acids is 2. The number of benzene rings is 2. The van der Waals surface area contributed by atoms with Crippen LogP contribution in [-0.2, 0) is 14.3 Å². The Morgan fingerprint density at radius 1 is 0.882 bits per heavy atom. The van der Waals surface area contributed by atoms with Crippen LogP contribution in [0.5, 0.6) is 0 Å². The van der Waals surface area contributed by atoms with Crippen LogP contribution in [0, 0.1) is 27.7 Å². The molecule has 0 bridgehead atoms. The number of carbonyl (C=O) groups is 2. The monoisotopic (exact) mass is 454 g/mol. The van der Waals surface area contributed by atoms with Gasteiger partial charge in [0, 0.05) is 28.5 Å². The summed E-state index contributed by atoms with van der Waals surface area (Å²) >= 11 is 0. The van der Waals surface area contributed by atoms with Crippen molar-refractivity contribution in [2.24, 2.45) is 0 Å². The molecule has 4 rings (SSSR count). The lowest BCUT2D eigenvalue weighted by Gasteiger charge is -2.18. The molecule has 0 saturated heterocycles. The van der Waals surface area contributed by atoms with E-state index in [1.165, 1.54) is 5.56 Å². The highest BCUT2D eigenvalue weighted by molar-refractivity contribution is 6.23. The van der Waals surface area contributed by atoms with Crippen molar-refractivity contribution in [3.8, 4) is 5.69 Å². The van der Waals surface area contributed by atoms with Gasteiger partial charge in [-0.3, -0.25) is 9.69 Å². The number of allylic oxidation sites excluding steroid dienone is 1. The van der Waals surface area contributed by atoms with Gasteiger partial charge in [0.05, 0.1) is 17.8 Å². The Kier molecular flexibility index (Phi) is 6.29. The van der Waals surface area contributed by atoms with Gasteiger partial charge in [0.1, 0.15) is 0 Å². The average molecular weight is 455 g/mol. The number of aromatic nitrogens is 1. The Hall–Kier alpha value is -3.86. The number of aryl methyl sites for hydroxylation is 3. The van der Waals surface area contributed by atoms with E-state index in [2.05, 4.69) is 35.8 Å². The zero-order valence-electron chi connectivity index (χ0n) is 20.6. The molecule has 0 spiro atoms. The highest BCUT2D eigenvalue weighted by atomic mass is 16.5. The van der Waals surface area contributed by atoms with Crippen molar-refractivity contribution in [2.75, 3.05) is 11.5 Å². The van der Waals surface area contributed by atoms with E-state index >= 15 is 0 Å². The molecule has 5 heteroatoms. The second-order valence-electron chi connectivity index (χ2n) is 8.71. The van der Waals surface area contributed by atoms with Crippen molar-refractivity contribution >= 4 is 23.6 Å². The maximum atomic E-state index is 13.6. The first kappa shape index (κ1) is 23.3. The number of esters is 1. The van der Waals surface area contributed by atoms with Crippen LogP contribution in [0.15, 0.2) is 71.4 Å². The van der Waals surface area contributed by atoms with E-state index in [1.807, 2.05) is 57.2 Å². The van der Waals surface area contributed by atoms with Crippen molar-refractivity contribution < 1.29 is 14.3 Å². The minimum atomic E-state index is -0.485. The fourth-order valence-corrected chi connectivity index (χ4v) is 4.47. The molecule has 2 heterocycles. The van der Waals surface area contributed by atoms with Gasteiger partial charge in [-0.15, -0.1) is 0 Å². The third-order valence-corrected chi connectivity index (χ3v) is 6.23. The number of ether oxygens (including phenoxy) is 1. The standard InChI is InChI=1S/C29H30N2O3/c1-7-34-29(33)27-22(6)31(25-14-10-19(3)11-15-25)28(32)26(27)17-23-16-20(4)30(21(23)5)24-12-8-18(2)9-13-24/h8-17H,7H2,1-6H3/b26-17+. The summed E-state index contributed by atoms with van der Waals surface area (Å²) in [7, 11) is 0. The van der Waals surface area contributed by atoms with Crippen LogP contribution in [0.3, 0.4) is 0 Å². The van der Waals surface area contributed by atoms with Gasteiger partial charge in [-0.05, 0) is 83.5 Å². The van der Waals surface area contributed by atoms with Gasteiger partial charge < -0.3 is 9.30 Å². The van der Waals surface area contributed by atoms with Gasteiger partial charge in [-0.25, -0.2) is 4.79 Å². The van der Waals surface area contributed by atoms with Gasteiger partial charge in [0.15, 0.2) is 0 Å².